The molecular weight excluding hydrogens is 286 g/mol. The van der Waals surface area contributed by atoms with Crippen LogP contribution in [0, 0.1) is 0 Å². The number of rotatable bonds is 3. The second kappa shape index (κ2) is 3.99. The molecule has 0 aliphatic heterocycles. The van der Waals surface area contributed by atoms with Gasteiger partial charge in [-0.3, -0.25) is 4.79 Å². The summed E-state index contributed by atoms with van der Waals surface area (Å²) in [6, 6.07) is 0. The maximum absolute atomic E-state index is 11.3. The van der Waals surface area contributed by atoms with Gasteiger partial charge < -0.3 is 15.5 Å². The SMILES string of the molecule is CC(C)(Nc1nc(Br)cn2ccnc12)C(N)=O. The minimum Gasteiger partial charge on any atom is -0.368 e. The second-order valence-corrected chi connectivity index (χ2v) is 5.00. The number of fused-ring (bicyclic) bond motifs is 1. The van der Waals surface area contributed by atoms with Crippen molar-refractivity contribution in [2.45, 2.75) is 19.4 Å². The van der Waals surface area contributed by atoms with Gasteiger partial charge in [0.1, 0.15) is 10.1 Å². The van der Waals surface area contributed by atoms with Crippen LogP contribution in [0.15, 0.2) is 23.2 Å². The molecule has 0 spiro atoms. The molecule has 90 valence electrons. The molecule has 3 N–H and O–H groups in total. The third-order valence-corrected chi connectivity index (χ3v) is 2.77. The molecule has 2 heterocycles. The van der Waals surface area contributed by atoms with E-state index in [4.69, 9.17) is 5.73 Å². The molecule has 0 aromatic carbocycles. The summed E-state index contributed by atoms with van der Waals surface area (Å²) in [5.41, 5.74) is 5.06. The number of anilines is 1. The molecule has 17 heavy (non-hydrogen) atoms. The van der Waals surface area contributed by atoms with Crippen LogP contribution in [-0.4, -0.2) is 25.8 Å². The standard InChI is InChI=1S/C10H12BrN5O/c1-10(2,9(12)17)15-7-8-13-3-4-16(8)5-6(11)14-7/h3-5H,1-2H3,(H2,12,17)(H,14,15). The minimum atomic E-state index is -0.889. The number of hydrogen-bond acceptors (Lipinski definition) is 4. The molecule has 6 nitrogen and oxygen atoms in total. The maximum Gasteiger partial charge on any atom is 0.242 e. The highest BCUT2D eigenvalue weighted by atomic mass is 79.9. The Morgan fingerprint density at radius 3 is 2.94 bits per heavy atom. The first-order valence-electron chi connectivity index (χ1n) is 4.97. The summed E-state index contributed by atoms with van der Waals surface area (Å²) < 4.78 is 2.45. The highest BCUT2D eigenvalue weighted by Gasteiger charge is 2.26. The molecule has 1 amide bonds. The number of nitrogens with two attached hydrogens (primary N) is 1. The molecule has 0 bridgehead atoms. The van der Waals surface area contributed by atoms with Crippen LogP contribution in [0.3, 0.4) is 0 Å². The van der Waals surface area contributed by atoms with Crippen LogP contribution in [-0.2, 0) is 4.79 Å². The summed E-state index contributed by atoms with van der Waals surface area (Å²) in [4.78, 5) is 19.7. The average molecular weight is 298 g/mol. The molecule has 0 fully saturated rings. The topological polar surface area (TPSA) is 85.3 Å². The lowest BCUT2D eigenvalue weighted by Crippen LogP contribution is -2.45. The molecule has 0 unspecified atom stereocenters. The van der Waals surface area contributed by atoms with Gasteiger partial charge in [-0.1, -0.05) is 0 Å². The van der Waals surface area contributed by atoms with Crippen LogP contribution in [0.25, 0.3) is 5.65 Å². The van der Waals surface area contributed by atoms with Crippen molar-refractivity contribution >= 4 is 33.3 Å². The van der Waals surface area contributed by atoms with Crippen molar-refractivity contribution in [2.24, 2.45) is 5.73 Å². The average Bonchev–Trinajstić information content (AvgIpc) is 2.64. The number of nitrogens with zero attached hydrogens (tertiary/aromatic N) is 3. The predicted molar refractivity (Wildman–Crippen MR) is 67.6 cm³/mol. The Balaban J connectivity index is 2.48. The summed E-state index contributed by atoms with van der Waals surface area (Å²) in [5, 5.41) is 2.99. The number of amides is 1. The molecule has 0 saturated carbocycles. The zero-order chi connectivity index (χ0) is 12.6. The third-order valence-electron chi connectivity index (χ3n) is 2.39. The zero-order valence-corrected chi connectivity index (χ0v) is 11.0. The lowest BCUT2D eigenvalue weighted by atomic mass is 10.1. The maximum atomic E-state index is 11.3. The van der Waals surface area contributed by atoms with Crippen LogP contribution in [0.1, 0.15) is 13.8 Å². The van der Waals surface area contributed by atoms with Gasteiger partial charge in [0, 0.05) is 18.6 Å². The van der Waals surface area contributed by atoms with Gasteiger partial charge in [0.05, 0.1) is 0 Å². The van der Waals surface area contributed by atoms with Gasteiger partial charge in [0.2, 0.25) is 5.91 Å². The zero-order valence-electron chi connectivity index (χ0n) is 9.44. The Hall–Kier alpha value is -1.63. The number of nitrogens with one attached hydrogen (secondary N) is 1. The Morgan fingerprint density at radius 2 is 2.29 bits per heavy atom. The van der Waals surface area contributed by atoms with E-state index >= 15 is 0 Å². The van der Waals surface area contributed by atoms with Gasteiger partial charge >= 0.3 is 0 Å². The van der Waals surface area contributed by atoms with Gasteiger partial charge in [0.15, 0.2) is 11.5 Å². The van der Waals surface area contributed by atoms with E-state index in [9.17, 15) is 4.79 Å². The number of aromatic nitrogens is 3. The Labute approximate surface area is 106 Å². The van der Waals surface area contributed by atoms with Crippen molar-refractivity contribution < 1.29 is 4.79 Å². The van der Waals surface area contributed by atoms with E-state index in [1.807, 2.05) is 0 Å². The summed E-state index contributed by atoms with van der Waals surface area (Å²) >= 11 is 3.30. The van der Waals surface area contributed by atoms with Gasteiger partial charge in [-0.25, -0.2) is 9.97 Å². The summed E-state index contributed by atoms with van der Waals surface area (Å²) in [7, 11) is 0. The number of primary amides is 1. The van der Waals surface area contributed by atoms with Crippen LogP contribution >= 0.6 is 15.9 Å². The van der Waals surface area contributed by atoms with E-state index in [0.717, 1.165) is 0 Å². The fourth-order valence-electron chi connectivity index (χ4n) is 1.34. The van der Waals surface area contributed by atoms with Gasteiger partial charge in [-0.05, 0) is 29.8 Å². The quantitative estimate of drug-likeness (QED) is 0.890. The van der Waals surface area contributed by atoms with E-state index in [-0.39, 0.29) is 0 Å². The Bertz CT molecular complexity index is 577. The molecular formula is C10H12BrN5O. The number of imidazole rings is 1. The van der Waals surface area contributed by atoms with E-state index < -0.39 is 11.4 Å². The molecule has 2 aromatic heterocycles. The van der Waals surface area contributed by atoms with Crippen molar-refractivity contribution in [1.82, 2.24) is 14.4 Å². The molecule has 0 atom stereocenters. The molecule has 0 aliphatic carbocycles. The first-order chi connectivity index (χ1) is 7.90. The molecule has 0 saturated heterocycles. The summed E-state index contributed by atoms with van der Waals surface area (Å²) in [6.07, 6.45) is 5.24. The minimum absolute atomic E-state index is 0.455. The van der Waals surface area contributed by atoms with Crippen LogP contribution in [0.5, 0.6) is 0 Å². The largest absolute Gasteiger partial charge is 0.368 e. The predicted octanol–water partition coefficient (Wildman–Crippen LogP) is 1.17. The Morgan fingerprint density at radius 1 is 1.59 bits per heavy atom. The molecule has 2 aromatic rings. The molecule has 7 heteroatoms. The van der Waals surface area contributed by atoms with E-state index in [1.165, 1.54) is 0 Å². The van der Waals surface area contributed by atoms with Crippen molar-refractivity contribution in [1.29, 1.82) is 0 Å². The Kier molecular flexibility index (Phi) is 2.78. The number of hydrogen-bond donors (Lipinski definition) is 2. The first-order valence-corrected chi connectivity index (χ1v) is 5.77. The van der Waals surface area contributed by atoms with Crippen molar-refractivity contribution in [2.75, 3.05) is 5.32 Å². The first kappa shape index (κ1) is 11.8. The second-order valence-electron chi connectivity index (χ2n) is 4.18. The van der Waals surface area contributed by atoms with Crippen LogP contribution in [0.4, 0.5) is 5.82 Å². The fraction of sp³-hybridized carbons (Fsp3) is 0.300. The van der Waals surface area contributed by atoms with Crippen molar-refractivity contribution in [3.63, 3.8) is 0 Å². The normalized spacial score (nSPS) is 11.7. The van der Waals surface area contributed by atoms with E-state index in [0.29, 0.717) is 16.1 Å². The highest BCUT2D eigenvalue weighted by Crippen LogP contribution is 2.20. The fourth-order valence-corrected chi connectivity index (χ4v) is 1.74. The monoisotopic (exact) mass is 297 g/mol. The van der Waals surface area contributed by atoms with Crippen LogP contribution < -0.4 is 11.1 Å². The van der Waals surface area contributed by atoms with Gasteiger partial charge in [-0.15, -0.1) is 0 Å². The molecule has 0 radical (unpaired) electrons. The number of carbonyl (C=O) groups excluding carboxylic acids is 1. The third kappa shape index (κ3) is 2.23. The molecule has 2 rings (SSSR count). The lowest BCUT2D eigenvalue weighted by Gasteiger charge is -2.23. The van der Waals surface area contributed by atoms with Gasteiger partial charge in [0.25, 0.3) is 0 Å². The number of carbonyl (C=O) groups is 1. The van der Waals surface area contributed by atoms with Crippen molar-refractivity contribution in [3.8, 4) is 0 Å². The van der Waals surface area contributed by atoms with Crippen LogP contribution in [0.2, 0.25) is 0 Å². The van der Waals surface area contributed by atoms with Crippen molar-refractivity contribution in [3.05, 3.63) is 23.2 Å². The van der Waals surface area contributed by atoms with Gasteiger partial charge in [-0.2, -0.15) is 0 Å². The number of halogens is 1. The summed E-state index contributed by atoms with van der Waals surface area (Å²) in [6.45, 7) is 3.38. The summed E-state index contributed by atoms with van der Waals surface area (Å²) in [5.74, 6) is 0.0529. The lowest BCUT2D eigenvalue weighted by molar-refractivity contribution is -0.121. The van der Waals surface area contributed by atoms with E-state index in [2.05, 4.69) is 31.2 Å². The smallest absolute Gasteiger partial charge is 0.242 e. The highest BCUT2D eigenvalue weighted by molar-refractivity contribution is 9.10. The molecule has 0 aliphatic rings. The van der Waals surface area contributed by atoms with E-state index in [1.54, 1.807) is 36.8 Å².